The highest BCUT2D eigenvalue weighted by molar-refractivity contribution is 7.89. The number of morpholine rings is 1. The van der Waals surface area contributed by atoms with Crippen molar-refractivity contribution in [2.24, 2.45) is 5.92 Å². The van der Waals surface area contributed by atoms with Crippen LogP contribution in [0.5, 0.6) is 0 Å². The van der Waals surface area contributed by atoms with Crippen LogP contribution in [0, 0.1) is 11.7 Å². The van der Waals surface area contributed by atoms with E-state index in [1.54, 1.807) is 0 Å². The zero-order valence-electron chi connectivity index (χ0n) is 15.4. The Morgan fingerprint density at radius 2 is 1.78 bits per heavy atom. The van der Waals surface area contributed by atoms with Crippen LogP contribution in [0.4, 0.5) is 4.39 Å². The summed E-state index contributed by atoms with van der Waals surface area (Å²) < 4.78 is 45.8. The van der Waals surface area contributed by atoms with E-state index < -0.39 is 15.8 Å². The van der Waals surface area contributed by atoms with Gasteiger partial charge in [-0.05, 0) is 44.9 Å². The number of hydrogen-bond acceptors (Lipinski definition) is 4. The lowest BCUT2D eigenvalue weighted by Crippen LogP contribution is -2.51. The largest absolute Gasteiger partial charge is 0.372 e. The van der Waals surface area contributed by atoms with E-state index in [9.17, 15) is 17.6 Å². The molecule has 0 N–H and O–H groups in total. The molecule has 2 saturated heterocycles. The van der Waals surface area contributed by atoms with Gasteiger partial charge in [-0.15, -0.1) is 0 Å². The van der Waals surface area contributed by atoms with Crippen LogP contribution in [0.15, 0.2) is 23.1 Å². The van der Waals surface area contributed by atoms with E-state index in [0.29, 0.717) is 25.9 Å². The van der Waals surface area contributed by atoms with Gasteiger partial charge in [-0.25, -0.2) is 12.8 Å². The molecule has 2 atom stereocenters. The van der Waals surface area contributed by atoms with Crippen molar-refractivity contribution in [3.63, 3.8) is 0 Å². The number of nitrogens with zero attached hydrogens (tertiary/aromatic N) is 2. The van der Waals surface area contributed by atoms with Crippen LogP contribution >= 0.6 is 11.6 Å². The minimum absolute atomic E-state index is 0.00129. The van der Waals surface area contributed by atoms with Crippen molar-refractivity contribution in [2.45, 2.75) is 43.8 Å². The molecule has 2 heterocycles. The van der Waals surface area contributed by atoms with Crippen molar-refractivity contribution in [2.75, 3.05) is 26.2 Å². The number of amides is 1. The smallest absolute Gasteiger partial charge is 0.243 e. The van der Waals surface area contributed by atoms with Crippen molar-refractivity contribution in [1.82, 2.24) is 9.21 Å². The molecule has 0 radical (unpaired) electrons. The highest BCUT2D eigenvalue weighted by atomic mass is 35.5. The molecule has 0 saturated carbocycles. The number of rotatable bonds is 3. The number of piperidine rings is 1. The van der Waals surface area contributed by atoms with Crippen molar-refractivity contribution in [3.05, 3.63) is 29.0 Å². The molecule has 1 aromatic carbocycles. The van der Waals surface area contributed by atoms with Crippen LogP contribution in [0.2, 0.25) is 5.02 Å². The van der Waals surface area contributed by atoms with Gasteiger partial charge in [-0.2, -0.15) is 4.31 Å². The molecule has 0 aliphatic carbocycles. The van der Waals surface area contributed by atoms with E-state index in [1.807, 2.05) is 18.7 Å². The van der Waals surface area contributed by atoms with Crippen molar-refractivity contribution in [1.29, 1.82) is 0 Å². The van der Waals surface area contributed by atoms with Gasteiger partial charge >= 0.3 is 0 Å². The Labute approximate surface area is 164 Å². The molecule has 150 valence electrons. The lowest BCUT2D eigenvalue weighted by molar-refractivity contribution is -0.148. The maximum atomic E-state index is 13.3. The van der Waals surface area contributed by atoms with Gasteiger partial charge in [0.15, 0.2) is 0 Å². The molecule has 6 nitrogen and oxygen atoms in total. The summed E-state index contributed by atoms with van der Waals surface area (Å²) in [6, 6.07) is 3.39. The third-order valence-electron chi connectivity index (χ3n) is 5.06. The molecular weight excluding hydrogens is 395 g/mol. The second-order valence-corrected chi connectivity index (χ2v) is 9.60. The molecule has 9 heteroatoms. The summed E-state index contributed by atoms with van der Waals surface area (Å²) in [7, 11) is -3.76. The van der Waals surface area contributed by atoms with Crippen LogP contribution in [0.3, 0.4) is 0 Å². The third kappa shape index (κ3) is 4.45. The number of carbonyl (C=O) groups excluding carboxylic acids is 1. The number of halogens is 2. The van der Waals surface area contributed by atoms with Crippen molar-refractivity contribution >= 4 is 27.5 Å². The fourth-order valence-corrected chi connectivity index (χ4v) is 5.49. The van der Waals surface area contributed by atoms with Gasteiger partial charge in [0.05, 0.1) is 22.1 Å². The average molecular weight is 419 g/mol. The second-order valence-electron chi connectivity index (χ2n) is 7.25. The predicted molar refractivity (Wildman–Crippen MR) is 99.5 cm³/mol. The predicted octanol–water partition coefficient (Wildman–Crippen LogP) is 2.52. The van der Waals surface area contributed by atoms with Gasteiger partial charge in [-0.1, -0.05) is 11.6 Å². The summed E-state index contributed by atoms with van der Waals surface area (Å²) in [6.45, 7) is 5.52. The fourth-order valence-electron chi connectivity index (χ4n) is 3.75. The summed E-state index contributed by atoms with van der Waals surface area (Å²) in [5, 5.41) is -0.225. The monoisotopic (exact) mass is 418 g/mol. The van der Waals surface area contributed by atoms with E-state index in [2.05, 4.69) is 0 Å². The van der Waals surface area contributed by atoms with E-state index in [4.69, 9.17) is 16.3 Å². The first-order chi connectivity index (χ1) is 12.7. The molecule has 2 fully saturated rings. The van der Waals surface area contributed by atoms with Crippen LogP contribution in [0.25, 0.3) is 0 Å². The van der Waals surface area contributed by atoms with Crippen LogP contribution in [-0.2, 0) is 19.6 Å². The molecule has 3 rings (SSSR count). The molecule has 2 aliphatic rings. The molecule has 27 heavy (non-hydrogen) atoms. The minimum Gasteiger partial charge on any atom is -0.372 e. The quantitative estimate of drug-likeness (QED) is 0.756. The van der Waals surface area contributed by atoms with E-state index in [0.717, 1.165) is 12.1 Å². The number of hydrogen-bond donors (Lipinski definition) is 0. The molecule has 0 spiro atoms. The zero-order valence-corrected chi connectivity index (χ0v) is 17.0. The Morgan fingerprint density at radius 3 is 2.33 bits per heavy atom. The van der Waals surface area contributed by atoms with Gasteiger partial charge < -0.3 is 9.64 Å². The van der Waals surface area contributed by atoms with Gasteiger partial charge in [0, 0.05) is 32.1 Å². The Morgan fingerprint density at radius 1 is 1.19 bits per heavy atom. The second kappa shape index (κ2) is 8.03. The molecule has 2 aliphatic heterocycles. The number of sulfonamides is 1. The van der Waals surface area contributed by atoms with Crippen LogP contribution in [0.1, 0.15) is 26.7 Å². The minimum atomic E-state index is -3.76. The number of ether oxygens (including phenoxy) is 1. The Kier molecular flexibility index (Phi) is 6.10. The maximum Gasteiger partial charge on any atom is 0.243 e. The summed E-state index contributed by atoms with van der Waals surface area (Å²) in [5.74, 6) is -0.779. The van der Waals surface area contributed by atoms with Crippen LogP contribution < -0.4 is 0 Å². The Bertz CT molecular complexity index is 802. The standard InChI is InChI=1S/C18H24ClFN2O4S/c1-12-10-21(11-13(2)26-12)18(23)14-5-7-22(8-6-14)27(24,25)15-3-4-17(20)16(19)9-15/h3-4,9,12-14H,5-8,10-11H2,1-2H3. The third-order valence-corrected chi connectivity index (χ3v) is 7.25. The first-order valence-corrected chi connectivity index (χ1v) is 10.9. The highest BCUT2D eigenvalue weighted by Crippen LogP contribution is 2.28. The molecule has 1 aromatic rings. The molecule has 0 aromatic heterocycles. The lowest BCUT2D eigenvalue weighted by atomic mass is 9.96. The maximum absolute atomic E-state index is 13.3. The lowest BCUT2D eigenvalue weighted by Gasteiger charge is -2.39. The molecular formula is C18H24ClFN2O4S. The number of carbonyl (C=O) groups is 1. The molecule has 2 unspecified atom stereocenters. The Hall–Kier alpha value is -1.22. The fraction of sp³-hybridized carbons (Fsp3) is 0.611. The molecule has 1 amide bonds. The SMILES string of the molecule is CC1CN(C(=O)C2CCN(S(=O)(=O)c3ccc(F)c(Cl)c3)CC2)CC(C)O1. The summed E-state index contributed by atoms with van der Waals surface area (Å²) >= 11 is 5.71. The van der Waals surface area contributed by atoms with Gasteiger partial charge in [-0.3, -0.25) is 4.79 Å². The van der Waals surface area contributed by atoms with E-state index >= 15 is 0 Å². The molecule has 0 bridgehead atoms. The average Bonchev–Trinajstić information content (AvgIpc) is 2.62. The highest BCUT2D eigenvalue weighted by Gasteiger charge is 2.36. The summed E-state index contributed by atoms with van der Waals surface area (Å²) in [5.41, 5.74) is 0. The van der Waals surface area contributed by atoms with Crippen molar-refractivity contribution < 1.29 is 22.3 Å². The summed E-state index contributed by atoms with van der Waals surface area (Å²) in [4.78, 5) is 14.6. The summed E-state index contributed by atoms with van der Waals surface area (Å²) in [6.07, 6.45) is 0.933. The zero-order chi connectivity index (χ0) is 19.8. The first-order valence-electron chi connectivity index (χ1n) is 9.08. The topological polar surface area (TPSA) is 66.9 Å². The van der Waals surface area contributed by atoms with Crippen LogP contribution in [-0.4, -0.2) is 61.9 Å². The van der Waals surface area contributed by atoms with E-state index in [1.165, 1.54) is 10.4 Å². The van der Waals surface area contributed by atoms with Gasteiger partial charge in [0.25, 0.3) is 0 Å². The number of benzene rings is 1. The van der Waals surface area contributed by atoms with E-state index in [-0.39, 0.29) is 47.0 Å². The van der Waals surface area contributed by atoms with Crippen molar-refractivity contribution in [3.8, 4) is 0 Å². The first kappa shape index (κ1) is 20.5. The normalized spacial score (nSPS) is 25.6. The van der Waals surface area contributed by atoms with Gasteiger partial charge in [0.2, 0.25) is 15.9 Å². The van der Waals surface area contributed by atoms with Gasteiger partial charge in [0.1, 0.15) is 5.82 Å². The Balaban J connectivity index is 1.64.